The Labute approximate surface area is 126 Å². The van der Waals surface area contributed by atoms with Crippen LogP contribution in [0.2, 0.25) is 0 Å². The minimum atomic E-state index is 0.743. The summed E-state index contributed by atoms with van der Waals surface area (Å²) in [7, 11) is 0. The highest BCUT2D eigenvalue weighted by molar-refractivity contribution is 5.31. The molecule has 1 fully saturated rings. The van der Waals surface area contributed by atoms with Crippen molar-refractivity contribution in [2.24, 2.45) is 0 Å². The van der Waals surface area contributed by atoms with E-state index in [1.54, 1.807) is 6.33 Å². The van der Waals surface area contributed by atoms with Crippen LogP contribution in [0.15, 0.2) is 36.8 Å². The number of rotatable bonds is 6. The average Bonchev–Trinajstić information content (AvgIpc) is 3.06. The van der Waals surface area contributed by atoms with E-state index in [4.69, 9.17) is 4.74 Å². The fourth-order valence-corrected chi connectivity index (χ4v) is 3.17. The lowest BCUT2D eigenvalue weighted by Gasteiger charge is -2.22. The molecule has 0 radical (unpaired) electrons. The van der Waals surface area contributed by atoms with Gasteiger partial charge < -0.3 is 9.72 Å². The number of aromatic amines is 1. The third kappa shape index (κ3) is 4.10. The van der Waals surface area contributed by atoms with Gasteiger partial charge in [0.1, 0.15) is 5.75 Å². The van der Waals surface area contributed by atoms with Gasteiger partial charge in [0.15, 0.2) is 0 Å². The molecule has 3 rings (SSSR count). The maximum atomic E-state index is 5.90. The topological polar surface area (TPSA) is 37.9 Å². The van der Waals surface area contributed by atoms with Gasteiger partial charge in [0.05, 0.1) is 12.9 Å². The highest BCUT2D eigenvalue weighted by Crippen LogP contribution is 2.33. The lowest BCUT2D eigenvalue weighted by atomic mass is 9.84. The lowest BCUT2D eigenvalue weighted by Crippen LogP contribution is -2.05. The predicted molar refractivity (Wildman–Crippen MR) is 84.7 cm³/mol. The van der Waals surface area contributed by atoms with Gasteiger partial charge >= 0.3 is 0 Å². The summed E-state index contributed by atoms with van der Waals surface area (Å²) in [5.74, 6) is 1.76. The molecule has 21 heavy (non-hydrogen) atoms. The van der Waals surface area contributed by atoms with E-state index in [9.17, 15) is 0 Å². The number of imidazole rings is 1. The number of hydrogen-bond donors (Lipinski definition) is 1. The monoisotopic (exact) mass is 284 g/mol. The van der Waals surface area contributed by atoms with Crippen molar-refractivity contribution in [2.75, 3.05) is 6.61 Å². The van der Waals surface area contributed by atoms with E-state index in [1.807, 2.05) is 6.20 Å². The molecule has 0 spiro atoms. The Morgan fingerprint density at radius 2 is 2.10 bits per heavy atom. The Balaban J connectivity index is 1.48. The fourth-order valence-electron chi connectivity index (χ4n) is 3.17. The van der Waals surface area contributed by atoms with Gasteiger partial charge in [0.25, 0.3) is 0 Å². The maximum Gasteiger partial charge on any atom is 0.119 e. The van der Waals surface area contributed by atoms with Crippen molar-refractivity contribution in [3.05, 3.63) is 48.0 Å². The van der Waals surface area contributed by atoms with Crippen LogP contribution in [0.3, 0.4) is 0 Å². The molecule has 2 aromatic rings. The molecule has 1 aliphatic carbocycles. The van der Waals surface area contributed by atoms with Crippen LogP contribution in [-0.2, 0) is 6.42 Å². The average molecular weight is 284 g/mol. The summed E-state index contributed by atoms with van der Waals surface area (Å²) in [5, 5.41) is 0. The van der Waals surface area contributed by atoms with Crippen LogP contribution in [0.4, 0.5) is 0 Å². The molecule has 1 N–H and O–H groups in total. The zero-order valence-electron chi connectivity index (χ0n) is 12.6. The zero-order chi connectivity index (χ0) is 14.3. The first-order valence-electron chi connectivity index (χ1n) is 8.12. The van der Waals surface area contributed by atoms with E-state index in [2.05, 4.69) is 34.2 Å². The number of ether oxygens (including phenoxy) is 1. The van der Waals surface area contributed by atoms with Crippen molar-refractivity contribution in [3.63, 3.8) is 0 Å². The van der Waals surface area contributed by atoms with E-state index in [0.29, 0.717) is 0 Å². The molecule has 1 aromatic carbocycles. The smallest absolute Gasteiger partial charge is 0.119 e. The molecule has 1 aromatic heterocycles. The molecule has 3 nitrogen and oxygen atoms in total. The molecule has 1 saturated carbocycles. The zero-order valence-corrected chi connectivity index (χ0v) is 12.6. The summed E-state index contributed by atoms with van der Waals surface area (Å²) in [5.41, 5.74) is 2.63. The van der Waals surface area contributed by atoms with Gasteiger partial charge in [-0.05, 0) is 49.3 Å². The Kier molecular flexibility index (Phi) is 4.93. The van der Waals surface area contributed by atoms with Crippen molar-refractivity contribution < 1.29 is 4.74 Å². The van der Waals surface area contributed by atoms with E-state index < -0.39 is 0 Å². The van der Waals surface area contributed by atoms with Gasteiger partial charge in [-0.15, -0.1) is 0 Å². The number of nitrogens with one attached hydrogen (secondary N) is 1. The van der Waals surface area contributed by atoms with E-state index in [-0.39, 0.29) is 0 Å². The van der Waals surface area contributed by atoms with Gasteiger partial charge in [-0.25, -0.2) is 4.98 Å². The molecular weight excluding hydrogens is 260 g/mol. The number of aryl methyl sites for hydroxylation is 1. The van der Waals surface area contributed by atoms with Gasteiger partial charge in [-0.1, -0.05) is 31.4 Å². The molecule has 0 aliphatic heterocycles. The number of benzene rings is 1. The number of aromatic nitrogens is 2. The van der Waals surface area contributed by atoms with E-state index in [0.717, 1.165) is 31.1 Å². The first-order valence-corrected chi connectivity index (χ1v) is 8.12. The molecule has 1 heterocycles. The van der Waals surface area contributed by atoms with Crippen molar-refractivity contribution in [3.8, 4) is 5.75 Å². The quantitative estimate of drug-likeness (QED) is 0.795. The third-order valence-electron chi connectivity index (χ3n) is 4.35. The predicted octanol–water partition coefficient (Wildman–Crippen LogP) is 4.47. The van der Waals surface area contributed by atoms with Crippen molar-refractivity contribution in [1.29, 1.82) is 0 Å². The van der Waals surface area contributed by atoms with Gasteiger partial charge in [0, 0.05) is 11.9 Å². The SMILES string of the molecule is c1cc(OCCCc2cnc[nH]2)cc(C2CCCCC2)c1. The molecule has 0 amide bonds. The van der Waals surface area contributed by atoms with E-state index >= 15 is 0 Å². The Morgan fingerprint density at radius 1 is 1.19 bits per heavy atom. The first-order chi connectivity index (χ1) is 10.4. The standard InChI is InChI=1S/C18H24N2O/c1-2-6-15(7-3-1)16-8-4-10-18(12-16)21-11-5-9-17-13-19-14-20-17/h4,8,10,12-15H,1-3,5-7,9,11H2,(H,19,20). The van der Waals surface area contributed by atoms with Crippen LogP contribution in [0.1, 0.15) is 55.7 Å². The van der Waals surface area contributed by atoms with Crippen LogP contribution in [-0.4, -0.2) is 16.6 Å². The molecule has 0 saturated heterocycles. The highest BCUT2D eigenvalue weighted by atomic mass is 16.5. The summed E-state index contributed by atoms with van der Waals surface area (Å²) in [4.78, 5) is 7.15. The van der Waals surface area contributed by atoms with Crippen LogP contribution in [0.25, 0.3) is 0 Å². The lowest BCUT2D eigenvalue weighted by molar-refractivity contribution is 0.309. The second kappa shape index (κ2) is 7.30. The normalized spacial score (nSPS) is 16.0. The van der Waals surface area contributed by atoms with Gasteiger partial charge in [0.2, 0.25) is 0 Å². The highest BCUT2D eigenvalue weighted by Gasteiger charge is 2.15. The van der Waals surface area contributed by atoms with Crippen molar-refractivity contribution in [2.45, 2.75) is 50.9 Å². The van der Waals surface area contributed by atoms with Crippen molar-refractivity contribution in [1.82, 2.24) is 9.97 Å². The molecule has 3 heteroatoms. The third-order valence-corrected chi connectivity index (χ3v) is 4.35. The van der Waals surface area contributed by atoms with E-state index in [1.165, 1.54) is 43.4 Å². The minimum absolute atomic E-state index is 0.743. The second-order valence-electron chi connectivity index (χ2n) is 5.94. The summed E-state index contributed by atoms with van der Waals surface area (Å²) in [6, 6.07) is 8.70. The molecule has 1 aliphatic rings. The largest absolute Gasteiger partial charge is 0.494 e. The molecular formula is C18H24N2O. The Morgan fingerprint density at radius 3 is 2.90 bits per heavy atom. The minimum Gasteiger partial charge on any atom is -0.494 e. The number of H-pyrrole nitrogens is 1. The summed E-state index contributed by atoms with van der Waals surface area (Å²) >= 11 is 0. The van der Waals surface area contributed by atoms with Crippen LogP contribution in [0, 0.1) is 0 Å². The molecule has 0 bridgehead atoms. The summed E-state index contributed by atoms with van der Waals surface area (Å²) < 4.78 is 5.90. The molecule has 112 valence electrons. The Hall–Kier alpha value is -1.77. The first kappa shape index (κ1) is 14.2. The van der Waals surface area contributed by atoms with Crippen LogP contribution < -0.4 is 4.74 Å². The number of hydrogen-bond acceptors (Lipinski definition) is 2. The molecule has 0 unspecified atom stereocenters. The number of nitrogens with zero attached hydrogens (tertiary/aromatic N) is 1. The second-order valence-corrected chi connectivity index (χ2v) is 5.94. The summed E-state index contributed by atoms with van der Waals surface area (Å²) in [6.07, 6.45) is 12.4. The maximum absolute atomic E-state index is 5.90. The Bertz CT molecular complexity index is 530. The van der Waals surface area contributed by atoms with Gasteiger partial charge in [-0.3, -0.25) is 0 Å². The summed E-state index contributed by atoms with van der Waals surface area (Å²) in [6.45, 7) is 0.757. The fraction of sp³-hybridized carbons (Fsp3) is 0.500. The van der Waals surface area contributed by atoms with Crippen LogP contribution in [0.5, 0.6) is 5.75 Å². The molecule has 0 atom stereocenters. The van der Waals surface area contributed by atoms with Crippen LogP contribution >= 0.6 is 0 Å². The van der Waals surface area contributed by atoms with Crippen molar-refractivity contribution >= 4 is 0 Å². The van der Waals surface area contributed by atoms with Gasteiger partial charge in [-0.2, -0.15) is 0 Å².